The minimum absolute atomic E-state index is 0.335. The number of rotatable bonds is 4. The summed E-state index contributed by atoms with van der Waals surface area (Å²) in [4.78, 5) is 14.1. The lowest BCUT2D eigenvalue weighted by Gasteiger charge is -2.33. The molecule has 3 heteroatoms. The molecule has 3 nitrogen and oxygen atoms in total. The fourth-order valence-electron chi connectivity index (χ4n) is 3.08. The van der Waals surface area contributed by atoms with Crippen LogP contribution in [-0.2, 0) is 9.53 Å². The molecule has 1 heterocycles. The normalized spacial score (nSPS) is 32.2. The van der Waals surface area contributed by atoms with E-state index in [2.05, 4.69) is 4.90 Å². The van der Waals surface area contributed by atoms with Crippen molar-refractivity contribution in [1.29, 1.82) is 0 Å². The first-order valence-corrected chi connectivity index (χ1v) is 6.53. The van der Waals surface area contributed by atoms with Gasteiger partial charge in [0.1, 0.15) is 5.78 Å². The van der Waals surface area contributed by atoms with E-state index in [1.807, 2.05) is 0 Å². The van der Waals surface area contributed by atoms with Crippen LogP contribution in [0.1, 0.15) is 32.1 Å². The number of methoxy groups -OCH3 is 1. The summed E-state index contributed by atoms with van der Waals surface area (Å²) < 4.78 is 5.23. The molecule has 2 unspecified atom stereocenters. The number of likely N-dealkylation sites (tertiary alicyclic amines) is 1. The van der Waals surface area contributed by atoms with E-state index in [-0.39, 0.29) is 0 Å². The van der Waals surface area contributed by atoms with Crippen molar-refractivity contribution in [3.05, 3.63) is 0 Å². The standard InChI is InChI=1S/C13H23NO2/c1-16-10-11-4-3-7-14(8-11)9-12-5-2-6-13(12)15/h11-12H,2-10H2,1H3. The molecule has 92 valence electrons. The van der Waals surface area contributed by atoms with E-state index in [4.69, 9.17) is 4.74 Å². The Morgan fingerprint density at radius 1 is 1.38 bits per heavy atom. The Balaban J connectivity index is 1.78. The van der Waals surface area contributed by atoms with Crippen molar-refractivity contribution in [3.63, 3.8) is 0 Å². The molecule has 0 N–H and O–H groups in total. The molecule has 0 aromatic heterocycles. The van der Waals surface area contributed by atoms with Gasteiger partial charge in [-0.05, 0) is 38.1 Å². The fraction of sp³-hybridized carbons (Fsp3) is 0.923. The van der Waals surface area contributed by atoms with Crippen LogP contribution in [0.5, 0.6) is 0 Å². The maximum Gasteiger partial charge on any atom is 0.137 e. The molecule has 2 atom stereocenters. The van der Waals surface area contributed by atoms with Crippen LogP contribution in [0, 0.1) is 11.8 Å². The van der Waals surface area contributed by atoms with Gasteiger partial charge in [-0.25, -0.2) is 0 Å². The minimum Gasteiger partial charge on any atom is -0.384 e. The highest BCUT2D eigenvalue weighted by molar-refractivity contribution is 5.83. The molecule has 2 fully saturated rings. The summed E-state index contributed by atoms with van der Waals surface area (Å²) in [5.41, 5.74) is 0. The molecule has 1 aliphatic carbocycles. The SMILES string of the molecule is COCC1CCCN(CC2CCCC2=O)C1. The zero-order valence-corrected chi connectivity index (χ0v) is 10.3. The number of ether oxygens (including phenoxy) is 1. The minimum atomic E-state index is 0.335. The van der Waals surface area contributed by atoms with Crippen molar-refractivity contribution < 1.29 is 9.53 Å². The second kappa shape index (κ2) is 5.78. The van der Waals surface area contributed by atoms with Crippen molar-refractivity contribution >= 4 is 5.78 Å². The maximum atomic E-state index is 11.6. The van der Waals surface area contributed by atoms with Crippen LogP contribution in [0.3, 0.4) is 0 Å². The predicted molar refractivity (Wildman–Crippen MR) is 63.4 cm³/mol. The second-order valence-electron chi connectivity index (χ2n) is 5.28. The number of nitrogens with zero attached hydrogens (tertiary/aromatic N) is 1. The topological polar surface area (TPSA) is 29.5 Å². The molecule has 2 rings (SSSR count). The third kappa shape index (κ3) is 3.05. The van der Waals surface area contributed by atoms with Gasteiger partial charge in [0, 0.05) is 32.5 Å². The third-order valence-electron chi connectivity index (χ3n) is 3.92. The first kappa shape index (κ1) is 12.1. The predicted octanol–water partition coefficient (Wildman–Crippen LogP) is 1.71. The van der Waals surface area contributed by atoms with Gasteiger partial charge in [0.2, 0.25) is 0 Å². The Morgan fingerprint density at radius 3 is 2.94 bits per heavy atom. The molecule has 0 bridgehead atoms. The molecule has 1 aliphatic heterocycles. The van der Waals surface area contributed by atoms with E-state index in [0.29, 0.717) is 17.6 Å². The first-order valence-electron chi connectivity index (χ1n) is 6.53. The van der Waals surface area contributed by atoms with Crippen molar-refractivity contribution in [2.45, 2.75) is 32.1 Å². The summed E-state index contributed by atoms with van der Waals surface area (Å²) in [7, 11) is 1.78. The van der Waals surface area contributed by atoms with Crippen LogP contribution in [0.2, 0.25) is 0 Å². The van der Waals surface area contributed by atoms with Crippen molar-refractivity contribution in [3.8, 4) is 0 Å². The van der Waals surface area contributed by atoms with Gasteiger partial charge in [-0.15, -0.1) is 0 Å². The second-order valence-corrected chi connectivity index (χ2v) is 5.28. The van der Waals surface area contributed by atoms with Crippen LogP contribution in [0.15, 0.2) is 0 Å². The molecule has 1 saturated heterocycles. The highest BCUT2D eigenvalue weighted by atomic mass is 16.5. The van der Waals surface area contributed by atoms with Gasteiger partial charge in [0.15, 0.2) is 0 Å². The lowest BCUT2D eigenvalue weighted by molar-refractivity contribution is -0.121. The first-order chi connectivity index (χ1) is 7.79. The summed E-state index contributed by atoms with van der Waals surface area (Å²) >= 11 is 0. The number of hydrogen-bond acceptors (Lipinski definition) is 3. The lowest BCUT2D eigenvalue weighted by atomic mass is 9.97. The van der Waals surface area contributed by atoms with Gasteiger partial charge in [0.25, 0.3) is 0 Å². The average Bonchev–Trinajstić information content (AvgIpc) is 2.66. The molecule has 2 aliphatic rings. The van der Waals surface area contributed by atoms with Crippen molar-refractivity contribution in [2.24, 2.45) is 11.8 Å². The van der Waals surface area contributed by atoms with Crippen LogP contribution in [0.25, 0.3) is 0 Å². The smallest absolute Gasteiger partial charge is 0.137 e. The lowest BCUT2D eigenvalue weighted by Crippen LogP contribution is -2.40. The average molecular weight is 225 g/mol. The quantitative estimate of drug-likeness (QED) is 0.729. The van der Waals surface area contributed by atoms with Crippen LogP contribution >= 0.6 is 0 Å². The molecule has 0 aromatic carbocycles. The van der Waals surface area contributed by atoms with Gasteiger partial charge < -0.3 is 9.64 Å². The summed E-state index contributed by atoms with van der Waals surface area (Å²) in [6, 6.07) is 0. The Bertz CT molecular complexity index is 240. The van der Waals surface area contributed by atoms with Crippen molar-refractivity contribution in [1.82, 2.24) is 4.90 Å². The number of ketones is 1. The molecule has 16 heavy (non-hydrogen) atoms. The van der Waals surface area contributed by atoms with Gasteiger partial charge in [-0.1, -0.05) is 0 Å². The molecule has 0 amide bonds. The third-order valence-corrected chi connectivity index (χ3v) is 3.92. The summed E-state index contributed by atoms with van der Waals surface area (Å²) in [6.07, 6.45) is 5.58. The van der Waals surface area contributed by atoms with Crippen LogP contribution < -0.4 is 0 Å². The zero-order chi connectivity index (χ0) is 11.4. The number of hydrogen-bond donors (Lipinski definition) is 0. The number of Topliss-reactive ketones (excluding diaryl/α,β-unsaturated/α-hetero) is 1. The number of carbonyl (C=O) groups excluding carboxylic acids is 1. The summed E-state index contributed by atoms with van der Waals surface area (Å²) in [5.74, 6) is 1.51. The van der Waals surface area contributed by atoms with Crippen molar-refractivity contribution in [2.75, 3.05) is 33.4 Å². The molecule has 0 aromatic rings. The van der Waals surface area contributed by atoms with Gasteiger partial charge in [0.05, 0.1) is 6.61 Å². The number of carbonyl (C=O) groups is 1. The van der Waals surface area contributed by atoms with E-state index in [1.165, 1.54) is 19.4 Å². The van der Waals surface area contributed by atoms with E-state index in [9.17, 15) is 4.79 Å². The number of piperidine rings is 1. The maximum absolute atomic E-state index is 11.6. The molecule has 1 saturated carbocycles. The Morgan fingerprint density at radius 2 is 2.25 bits per heavy atom. The van der Waals surface area contributed by atoms with E-state index >= 15 is 0 Å². The van der Waals surface area contributed by atoms with E-state index < -0.39 is 0 Å². The zero-order valence-electron chi connectivity index (χ0n) is 10.3. The largest absolute Gasteiger partial charge is 0.384 e. The monoisotopic (exact) mass is 225 g/mol. The van der Waals surface area contributed by atoms with E-state index in [1.54, 1.807) is 7.11 Å². The summed E-state index contributed by atoms with van der Waals surface area (Å²) in [6.45, 7) is 4.16. The molecular formula is C13H23NO2. The highest BCUT2D eigenvalue weighted by Crippen LogP contribution is 2.24. The van der Waals surface area contributed by atoms with Gasteiger partial charge in [-0.2, -0.15) is 0 Å². The Hall–Kier alpha value is -0.410. The Labute approximate surface area is 98.1 Å². The highest BCUT2D eigenvalue weighted by Gasteiger charge is 2.28. The fourth-order valence-corrected chi connectivity index (χ4v) is 3.08. The van der Waals surface area contributed by atoms with E-state index in [0.717, 1.165) is 39.0 Å². The van der Waals surface area contributed by atoms with Gasteiger partial charge >= 0.3 is 0 Å². The molecular weight excluding hydrogens is 202 g/mol. The van der Waals surface area contributed by atoms with Gasteiger partial charge in [-0.3, -0.25) is 4.79 Å². The van der Waals surface area contributed by atoms with Crippen LogP contribution in [0.4, 0.5) is 0 Å². The van der Waals surface area contributed by atoms with Crippen LogP contribution in [-0.4, -0.2) is 44.0 Å². The Kier molecular flexibility index (Phi) is 4.36. The summed E-state index contributed by atoms with van der Waals surface area (Å²) in [5, 5.41) is 0. The molecule has 0 spiro atoms. The molecule has 0 radical (unpaired) electrons.